The number of halogens is 1. The largest absolute Gasteiger partial charge is 0.355 e. The highest BCUT2D eigenvalue weighted by atomic mass is 79.9. The van der Waals surface area contributed by atoms with Gasteiger partial charge in [-0.25, -0.2) is 8.42 Å². The SMILES string of the molecule is CN=C(NCCS(=O)(=O)c1ccc(Br)cc1)NCc1ccnn1C. The lowest BCUT2D eigenvalue weighted by Gasteiger charge is -2.12. The Hall–Kier alpha value is -1.87. The average molecular weight is 414 g/mol. The highest BCUT2D eigenvalue weighted by molar-refractivity contribution is 9.10. The molecule has 0 fully saturated rings. The molecule has 24 heavy (non-hydrogen) atoms. The summed E-state index contributed by atoms with van der Waals surface area (Å²) in [5, 5.41) is 10.2. The first-order chi connectivity index (χ1) is 11.4. The lowest BCUT2D eigenvalue weighted by atomic mass is 10.4. The zero-order chi connectivity index (χ0) is 17.6. The summed E-state index contributed by atoms with van der Waals surface area (Å²) in [6.07, 6.45) is 1.72. The Morgan fingerprint density at radius 3 is 2.54 bits per heavy atom. The second kappa shape index (κ2) is 8.29. The maximum Gasteiger partial charge on any atom is 0.191 e. The predicted octanol–water partition coefficient (Wildman–Crippen LogP) is 1.32. The van der Waals surface area contributed by atoms with E-state index in [0.29, 0.717) is 17.4 Å². The zero-order valence-corrected chi connectivity index (χ0v) is 15.9. The molecule has 0 unspecified atom stereocenters. The van der Waals surface area contributed by atoms with Crippen molar-refractivity contribution in [1.82, 2.24) is 20.4 Å². The smallest absolute Gasteiger partial charge is 0.191 e. The summed E-state index contributed by atoms with van der Waals surface area (Å²) in [7, 11) is 0.174. The van der Waals surface area contributed by atoms with E-state index < -0.39 is 9.84 Å². The highest BCUT2D eigenvalue weighted by Gasteiger charge is 2.14. The van der Waals surface area contributed by atoms with Crippen molar-refractivity contribution >= 4 is 31.7 Å². The summed E-state index contributed by atoms with van der Waals surface area (Å²) in [4.78, 5) is 4.40. The lowest BCUT2D eigenvalue weighted by molar-refractivity contribution is 0.594. The van der Waals surface area contributed by atoms with Gasteiger partial charge in [-0.2, -0.15) is 5.10 Å². The minimum Gasteiger partial charge on any atom is -0.355 e. The van der Waals surface area contributed by atoms with Crippen LogP contribution in [0.25, 0.3) is 0 Å². The van der Waals surface area contributed by atoms with Crippen LogP contribution in [-0.2, 0) is 23.4 Å². The first-order valence-electron chi connectivity index (χ1n) is 7.32. The molecule has 0 aliphatic heterocycles. The summed E-state index contributed by atoms with van der Waals surface area (Å²) in [5.74, 6) is 0.531. The maximum absolute atomic E-state index is 12.3. The normalized spacial score (nSPS) is 12.2. The molecule has 0 bridgehead atoms. The van der Waals surface area contributed by atoms with Gasteiger partial charge in [-0.15, -0.1) is 0 Å². The predicted molar refractivity (Wildman–Crippen MR) is 97.6 cm³/mol. The topological polar surface area (TPSA) is 88.4 Å². The van der Waals surface area contributed by atoms with Crippen molar-refractivity contribution in [1.29, 1.82) is 0 Å². The molecule has 9 heteroatoms. The number of nitrogens with zero attached hydrogens (tertiary/aromatic N) is 3. The first-order valence-corrected chi connectivity index (χ1v) is 9.76. The van der Waals surface area contributed by atoms with Crippen molar-refractivity contribution in [3.05, 3.63) is 46.7 Å². The second-order valence-corrected chi connectivity index (χ2v) is 8.10. The quantitative estimate of drug-likeness (QED) is 0.550. The fourth-order valence-electron chi connectivity index (χ4n) is 2.03. The van der Waals surface area contributed by atoms with Gasteiger partial charge in [0.05, 0.1) is 22.9 Å². The van der Waals surface area contributed by atoms with Gasteiger partial charge >= 0.3 is 0 Å². The van der Waals surface area contributed by atoms with E-state index >= 15 is 0 Å². The van der Waals surface area contributed by atoms with Gasteiger partial charge in [0.1, 0.15) is 0 Å². The molecule has 7 nitrogen and oxygen atoms in total. The van der Waals surface area contributed by atoms with Crippen LogP contribution in [0.5, 0.6) is 0 Å². The number of hydrogen-bond donors (Lipinski definition) is 2. The van der Waals surface area contributed by atoms with Crippen LogP contribution in [0, 0.1) is 0 Å². The van der Waals surface area contributed by atoms with Crippen LogP contribution in [0.15, 0.2) is 50.9 Å². The number of sulfone groups is 1. The van der Waals surface area contributed by atoms with Crippen LogP contribution in [0.4, 0.5) is 0 Å². The highest BCUT2D eigenvalue weighted by Crippen LogP contribution is 2.15. The molecular weight excluding hydrogens is 394 g/mol. The molecule has 0 saturated heterocycles. The van der Waals surface area contributed by atoms with E-state index in [1.54, 1.807) is 42.2 Å². The van der Waals surface area contributed by atoms with Gasteiger partial charge in [-0.1, -0.05) is 15.9 Å². The van der Waals surface area contributed by atoms with Gasteiger partial charge in [0, 0.05) is 31.3 Å². The van der Waals surface area contributed by atoms with Crippen molar-refractivity contribution in [2.75, 3.05) is 19.3 Å². The van der Waals surface area contributed by atoms with Gasteiger partial charge in [0.2, 0.25) is 0 Å². The van der Waals surface area contributed by atoms with E-state index in [1.807, 2.05) is 13.1 Å². The second-order valence-electron chi connectivity index (χ2n) is 5.07. The Balaban J connectivity index is 1.85. The van der Waals surface area contributed by atoms with Crippen molar-refractivity contribution in [2.45, 2.75) is 11.4 Å². The third-order valence-corrected chi connectivity index (χ3v) is 5.68. The van der Waals surface area contributed by atoms with Crippen LogP contribution in [0.2, 0.25) is 0 Å². The van der Waals surface area contributed by atoms with Gasteiger partial charge in [-0.3, -0.25) is 9.67 Å². The molecule has 0 radical (unpaired) electrons. The monoisotopic (exact) mass is 413 g/mol. The number of aromatic nitrogens is 2. The minimum atomic E-state index is -3.33. The third-order valence-electron chi connectivity index (χ3n) is 3.42. The zero-order valence-electron chi connectivity index (χ0n) is 13.5. The molecule has 1 aromatic heterocycles. The Kier molecular flexibility index (Phi) is 6.38. The summed E-state index contributed by atoms with van der Waals surface area (Å²) >= 11 is 3.29. The van der Waals surface area contributed by atoms with Crippen LogP contribution in [-0.4, -0.2) is 43.5 Å². The van der Waals surface area contributed by atoms with Gasteiger partial charge in [-0.05, 0) is 30.3 Å². The average Bonchev–Trinajstić information content (AvgIpc) is 2.96. The number of rotatable bonds is 6. The van der Waals surface area contributed by atoms with Crippen molar-refractivity contribution < 1.29 is 8.42 Å². The van der Waals surface area contributed by atoms with E-state index in [9.17, 15) is 8.42 Å². The van der Waals surface area contributed by atoms with E-state index in [2.05, 4.69) is 36.7 Å². The molecule has 0 atom stereocenters. The van der Waals surface area contributed by atoms with Crippen molar-refractivity contribution in [3.63, 3.8) is 0 Å². The molecule has 0 aliphatic carbocycles. The summed E-state index contributed by atoms with van der Waals surface area (Å²) < 4.78 is 27.2. The molecule has 130 valence electrons. The summed E-state index contributed by atoms with van der Waals surface area (Å²) in [6.45, 7) is 0.819. The Morgan fingerprint density at radius 1 is 1.25 bits per heavy atom. The van der Waals surface area contributed by atoms with Crippen molar-refractivity contribution in [3.8, 4) is 0 Å². The molecule has 1 heterocycles. The van der Waals surface area contributed by atoms with E-state index in [0.717, 1.165) is 10.2 Å². The fourth-order valence-corrected chi connectivity index (χ4v) is 3.45. The molecule has 2 N–H and O–H groups in total. The summed E-state index contributed by atoms with van der Waals surface area (Å²) in [5.41, 5.74) is 1.00. The van der Waals surface area contributed by atoms with Crippen LogP contribution in [0.1, 0.15) is 5.69 Å². The number of hydrogen-bond acceptors (Lipinski definition) is 4. The standard InChI is InChI=1S/C15H20BrN5O2S/c1-17-15(19-11-13-7-8-20-21(13)2)18-9-10-24(22,23)14-5-3-12(16)4-6-14/h3-8H,9-11H2,1-2H3,(H2,17,18,19). The maximum atomic E-state index is 12.3. The molecule has 0 spiro atoms. The Bertz CT molecular complexity index is 800. The first kappa shape index (κ1) is 18.5. The molecule has 0 saturated carbocycles. The molecule has 1 aromatic carbocycles. The molecular formula is C15H20BrN5O2S. The number of aliphatic imine (C=N–C) groups is 1. The third kappa shape index (κ3) is 5.07. The molecule has 0 aliphatic rings. The Labute approximate surface area is 150 Å². The van der Waals surface area contributed by atoms with E-state index in [1.165, 1.54) is 0 Å². The van der Waals surface area contributed by atoms with Crippen molar-refractivity contribution in [2.24, 2.45) is 12.0 Å². The molecule has 0 amide bonds. The summed E-state index contributed by atoms with van der Waals surface area (Å²) in [6, 6.07) is 8.52. The lowest BCUT2D eigenvalue weighted by Crippen LogP contribution is -2.39. The Morgan fingerprint density at radius 2 is 1.96 bits per heavy atom. The number of benzene rings is 1. The number of aryl methyl sites for hydroxylation is 1. The van der Waals surface area contributed by atoms with E-state index in [-0.39, 0.29) is 12.3 Å². The van der Waals surface area contributed by atoms with Gasteiger partial charge in [0.25, 0.3) is 0 Å². The molecule has 2 rings (SSSR count). The van der Waals surface area contributed by atoms with Gasteiger partial charge in [0.15, 0.2) is 15.8 Å². The number of guanidine groups is 1. The van der Waals surface area contributed by atoms with Gasteiger partial charge < -0.3 is 10.6 Å². The van der Waals surface area contributed by atoms with Crippen LogP contribution in [0.3, 0.4) is 0 Å². The molecule has 2 aromatic rings. The fraction of sp³-hybridized carbons (Fsp3) is 0.333. The van der Waals surface area contributed by atoms with Crippen LogP contribution >= 0.6 is 15.9 Å². The van der Waals surface area contributed by atoms with E-state index in [4.69, 9.17) is 0 Å². The van der Waals surface area contributed by atoms with Crippen LogP contribution < -0.4 is 10.6 Å². The number of nitrogens with one attached hydrogen (secondary N) is 2. The minimum absolute atomic E-state index is 0.0129.